The number of hydrogen-bond donors (Lipinski definition) is 0. The average molecular weight is 469 g/mol. The van der Waals surface area contributed by atoms with Crippen molar-refractivity contribution in [2.45, 2.75) is 13.8 Å². The topological polar surface area (TPSA) is 32.3 Å². The van der Waals surface area contributed by atoms with Gasteiger partial charge in [0.1, 0.15) is 10.6 Å². The highest BCUT2D eigenvalue weighted by atomic mass is 35.5. The molecule has 1 aliphatic rings. The summed E-state index contributed by atoms with van der Waals surface area (Å²) in [7, 11) is 0. The molecule has 0 spiro atoms. The van der Waals surface area contributed by atoms with Crippen molar-refractivity contribution in [1.82, 2.24) is 9.97 Å². The number of nitrogens with zero attached hydrogens (tertiary/aromatic N) is 4. The Morgan fingerprint density at radius 3 is 2.29 bits per heavy atom. The third-order valence-corrected chi connectivity index (χ3v) is 7.18. The molecule has 2 aromatic carbocycles. The fraction of sp³-hybridized carbons (Fsp3) is 0.250. The zero-order valence-corrected chi connectivity index (χ0v) is 19.7. The third kappa shape index (κ3) is 3.98. The molecule has 0 bridgehead atoms. The Labute approximate surface area is 196 Å². The monoisotopic (exact) mass is 468 g/mol. The van der Waals surface area contributed by atoms with Gasteiger partial charge in [0, 0.05) is 47.3 Å². The van der Waals surface area contributed by atoms with Gasteiger partial charge in [0.15, 0.2) is 0 Å². The zero-order chi connectivity index (χ0) is 21.5. The van der Waals surface area contributed by atoms with Crippen LogP contribution in [0.3, 0.4) is 0 Å². The van der Waals surface area contributed by atoms with E-state index in [0.717, 1.165) is 52.8 Å². The van der Waals surface area contributed by atoms with Gasteiger partial charge in [-0.1, -0.05) is 35.9 Å². The van der Waals surface area contributed by atoms with E-state index in [9.17, 15) is 0 Å². The van der Waals surface area contributed by atoms with Gasteiger partial charge >= 0.3 is 0 Å². The smallest absolute Gasteiger partial charge is 0.225 e. The first-order valence-electron chi connectivity index (χ1n) is 10.3. The molecule has 0 atom stereocenters. The highest BCUT2D eigenvalue weighted by molar-refractivity contribution is 7.19. The van der Waals surface area contributed by atoms with E-state index in [-0.39, 0.29) is 0 Å². The van der Waals surface area contributed by atoms with E-state index >= 15 is 0 Å². The lowest BCUT2D eigenvalue weighted by molar-refractivity contribution is 0.649. The highest BCUT2D eigenvalue weighted by Crippen LogP contribution is 2.42. The molecule has 1 fully saturated rings. The van der Waals surface area contributed by atoms with Crippen LogP contribution in [-0.4, -0.2) is 36.1 Å². The summed E-state index contributed by atoms with van der Waals surface area (Å²) >= 11 is 14.1. The molecule has 3 heterocycles. The van der Waals surface area contributed by atoms with Gasteiger partial charge < -0.3 is 9.80 Å². The molecule has 1 saturated heterocycles. The van der Waals surface area contributed by atoms with Crippen molar-refractivity contribution in [3.05, 3.63) is 69.3 Å². The molecule has 4 aromatic rings. The van der Waals surface area contributed by atoms with Crippen LogP contribution >= 0.6 is 34.5 Å². The fourth-order valence-electron chi connectivity index (χ4n) is 4.26. The van der Waals surface area contributed by atoms with Gasteiger partial charge in [-0.05, 0) is 60.8 Å². The number of benzene rings is 2. The van der Waals surface area contributed by atoms with Crippen LogP contribution in [0.1, 0.15) is 10.4 Å². The lowest BCUT2D eigenvalue weighted by Gasteiger charge is -2.37. The highest BCUT2D eigenvalue weighted by Gasteiger charge is 2.25. The van der Waals surface area contributed by atoms with Crippen LogP contribution in [0.15, 0.2) is 48.5 Å². The molecule has 7 heteroatoms. The first-order valence-corrected chi connectivity index (χ1v) is 11.9. The maximum atomic E-state index is 6.34. The number of halogens is 2. The van der Waals surface area contributed by atoms with E-state index in [1.807, 2.05) is 12.1 Å². The Morgan fingerprint density at radius 1 is 0.871 bits per heavy atom. The van der Waals surface area contributed by atoms with Crippen LogP contribution in [0.2, 0.25) is 10.3 Å². The minimum absolute atomic E-state index is 0.299. The van der Waals surface area contributed by atoms with Gasteiger partial charge in [-0.15, -0.1) is 11.3 Å². The van der Waals surface area contributed by atoms with Crippen molar-refractivity contribution in [2.24, 2.45) is 0 Å². The second-order valence-corrected chi connectivity index (χ2v) is 9.83. The average Bonchev–Trinajstić information content (AvgIpc) is 3.09. The number of hydrogen-bond acceptors (Lipinski definition) is 5. The predicted octanol–water partition coefficient (Wildman–Crippen LogP) is 6.61. The van der Waals surface area contributed by atoms with Gasteiger partial charge in [-0.3, -0.25) is 0 Å². The summed E-state index contributed by atoms with van der Waals surface area (Å²) in [6.07, 6.45) is 0. The Balaban J connectivity index is 1.52. The molecule has 0 amide bonds. The van der Waals surface area contributed by atoms with Crippen LogP contribution in [0, 0.1) is 13.8 Å². The van der Waals surface area contributed by atoms with Gasteiger partial charge in [0.25, 0.3) is 0 Å². The fourth-order valence-corrected chi connectivity index (χ4v) is 5.64. The van der Waals surface area contributed by atoms with E-state index in [0.29, 0.717) is 5.28 Å². The minimum atomic E-state index is 0.299. The Morgan fingerprint density at radius 2 is 1.58 bits per heavy atom. The summed E-state index contributed by atoms with van der Waals surface area (Å²) in [5.41, 5.74) is 4.85. The molecule has 0 N–H and O–H groups in total. The Kier molecular flexibility index (Phi) is 5.51. The largest absolute Gasteiger partial charge is 0.368 e. The quantitative estimate of drug-likeness (QED) is 0.316. The molecule has 4 nitrogen and oxygen atoms in total. The van der Waals surface area contributed by atoms with Crippen molar-refractivity contribution in [3.8, 4) is 11.1 Å². The molecular weight excluding hydrogens is 447 g/mol. The van der Waals surface area contributed by atoms with Gasteiger partial charge in [0.05, 0.1) is 5.39 Å². The van der Waals surface area contributed by atoms with Crippen LogP contribution in [-0.2, 0) is 0 Å². The Bertz CT molecular complexity index is 1240. The number of aromatic nitrogens is 2. The number of fused-ring (bicyclic) bond motifs is 1. The molecule has 158 valence electrons. The maximum absolute atomic E-state index is 6.34. The molecule has 0 saturated carbocycles. The van der Waals surface area contributed by atoms with Gasteiger partial charge in [0.2, 0.25) is 5.28 Å². The summed E-state index contributed by atoms with van der Waals surface area (Å²) in [6, 6.07) is 16.7. The summed E-state index contributed by atoms with van der Waals surface area (Å²) in [5, 5.41) is 2.11. The van der Waals surface area contributed by atoms with Crippen LogP contribution in [0.4, 0.5) is 11.5 Å². The minimum Gasteiger partial charge on any atom is -0.368 e. The molecule has 1 aliphatic heterocycles. The van der Waals surface area contributed by atoms with E-state index in [2.05, 4.69) is 65.0 Å². The first-order chi connectivity index (χ1) is 15.0. The molecule has 31 heavy (non-hydrogen) atoms. The van der Waals surface area contributed by atoms with E-state index in [1.54, 1.807) is 11.3 Å². The number of anilines is 2. The van der Waals surface area contributed by atoms with Crippen LogP contribution < -0.4 is 9.80 Å². The lowest BCUT2D eigenvalue weighted by atomic mass is 10.0. The summed E-state index contributed by atoms with van der Waals surface area (Å²) < 4.78 is 0. The second-order valence-electron chi connectivity index (χ2n) is 7.85. The van der Waals surface area contributed by atoms with Crippen molar-refractivity contribution < 1.29 is 0 Å². The molecular formula is C24H22Cl2N4S. The van der Waals surface area contributed by atoms with Crippen molar-refractivity contribution in [3.63, 3.8) is 0 Å². The van der Waals surface area contributed by atoms with Gasteiger partial charge in [-0.2, -0.15) is 4.98 Å². The van der Waals surface area contributed by atoms with Gasteiger partial charge in [-0.25, -0.2) is 4.98 Å². The number of rotatable bonds is 3. The predicted molar refractivity (Wildman–Crippen MR) is 133 cm³/mol. The molecule has 0 aliphatic carbocycles. The van der Waals surface area contributed by atoms with E-state index in [1.165, 1.54) is 21.7 Å². The maximum Gasteiger partial charge on any atom is 0.225 e. The number of aryl methyl sites for hydroxylation is 2. The summed E-state index contributed by atoms with van der Waals surface area (Å²) in [5.74, 6) is 0.924. The number of piperazine rings is 1. The zero-order valence-electron chi connectivity index (χ0n) is 17.4. The third-order valence-electron chi connectivity index (χ3n) is 5.76. The second kappa shape index (κ2) is 8.30. The molecule has 0 radical (unpaired) electrons. The summed E-state index contributed by atoms with van der Waals surface area (Å²) in [4.78, 5) is 16.1. The molecule has 5 rings (SSSR count). The standard InChI is InChI=1S/C24H22Cl2N4S/c1-15-4-3-5-19(14-15)29-10-12-30(13-11-29)22-21-20(17-6-8-18(25)9-7-17)16(2)31-23(21)28-24(26)27-22/h3-9,14H,10-13H2,1-2H3. The SMILES string of the molecule is Cc1cccc(N2CCN(c3nc(Cl)nc4sc(C)c(-c5ccc(Cl)cc5)c34)CC2)c1. The van der Waals surface area contributed by atoms with Crippen LogP contribution in [0.25, 0.3) is 21.3 Å². The van der Waals surface area contributed by atoms with Crippen LogP contribution in [0.5, 0.6) is 0 Å². The van der Waals surface area contributed by atoms with E-state index < -0.39 is 0 Å². The van der Waals surface area contributed by atoms with Crippen molar-refractivity contribution in [2.75, 3.05) is 36.0 Å². The summed E-state index contributed by atoms with van der Waals surface area (Å²) in [6.45, 7) is 7.90. The lowest BCUT2D eigenvalue weighted by Crippen LogP contribution is -2.47. The molecule has 0 unspecified atom stereocenters. The normalized spacial score (nSPS) is 14.5. The van der Waals surface area contributed by atoms with Crippen molar-refractivity contribution >= 4 is 56.3 Å². The number of thiophene rings is 1. The molecule has 2 aromatic heterocycles. The first kappa shape index (κ1) is 20.6. The Hall–Kier alpha value is -2.34. The van der Waals surface area contributed by atoms with E-state index in [4.69, 9.17) is 28.2 Å². The van der Waals surface area contributed by atoms with Crippen molar-refractivity contribution in [1.29, 1.82) is 0 Å².